The molecule has 4 N–H and O–H groups in total. The van der Waals surface area contributed by atoms with Gasteiger partial charge in [0.05, 0.1) is 16.9 Å². The smallest absolute Gasteiger partial charge is 0.337 e. The number of nitrogens with one attached hydrogen (secondary N) is 1. The Morgan fingerprint density at radius 1 is 1.37 bits per heavy atom. The molecule has 3 unspecified atom stereocenters. The molecule has 4 heteroatoms. The fourth-order valence-corrected chi connectivity index (χ4v) is 2.88. The number of carboxylic acid groups (broad SMARTS) is 1. The van der Waals surface area contributed by atoms with E-state index in [1.165, 1.54) is 12.8 Å². The molecule has 1 aromatic rings. The molecule has 0 aromatic heterocycles. The summed E-state index contributed by atoms with van der Waals surface area (Å²) >= 11 is 0. The molecule has 1 aliphatic rings. The number of carboxylic acids is 1. The zero-order valence-corrected chi connectivity index (χ0v) is 11.5. The van der Waals surface area contributed by atoms with Crippen molar-refractivity contribution >= 4 is 17.3 Å². The number of carbonyl (C=O) groups is 1. The monoisotopic (exact) mass is 262 g/mol. The summed E-state index contributed by atoms with van der Waals surface area (Å²) in [6.45, 7) is 4.48. The van der Waals surface area contributed by atoms with Gasteiger partial charge < -0.3 is 16.2 Å². The van der Waals surface area contributed by atoms with Crippen LogP contribution >= 0.6 is 0 Å². The maximum absolute atomic E-state index is 11.3. The number of hydrogen-bond acceptors (Lipinski definition) is 3. The first-order valence-electron chi connectivity index (χ1n) is 6.89. The second-order valence-electron chi connectivity index (χ2n) is 5.59. The molecule has 0 aliphatic heterocycles. The van der Waals surface area contributed by atoms with Crippen molar-refractivity contribution in [3.8, 4) is 0 Å². The molecule has 0 saturated heterocycles. The molecule has 0 radical (unpaired) electrons. The molecular weight excluding hydrogens is 240 g/mol. The normalized spacial score (nSPS) is 26.9. The van der Waals surface area contributed by atoms with Crippen LogP contribution in [0, 0.1) is 11.8 Å². The van der Waals surface area contributed by atoms with Crippen LogP contribution in [0.1, 0.15) is 43.5 Å². The Morgan fingerprint density at radius 2 is 2.11 bits per heavy atom. The summed E-state index contributed by atoms with van der Waals surface area (Å²) in [7, 11) is 0. The summed E-state index contributed by atoms with van der Waals surface area (Å²) < 4.78 is 0. The lowest BCUT2D eigenvalue weighted by Gasteiger charge is -2.35. The van der Waals surface area contributed by atoms with Crippen LogP contribution in [0.15, 0.2) is 18.2 Å². The highest BCUT2D eigenvalue weighted by molar-refractivity contribution is 5.97. The van der Waals surface area contributed by atoms with Gasteiger partial charge in [-0.25, -0.2) is 4.79 Å². The van der Waals surface area contributed by atoms with Crippen molar-refractivity contribution in [3.63, 3.8) is 0 Å². The van der Waals surface area contributed by atoms with Crippen molar-refractivity contribution in [2.24, 2.45) is 11.8 Å². The average Bonchev–Trinajstić information content (AvgIpc) is 2.36. The number of aromatic carboxylic acids is 1. The second-order valence-corrected chi connectivity index (χ2v) is 5.59. The predicted molar refractivity (Wildman–Crippen MR) is 77.4 cm³/mol. The standard InChI is InChI=1S/C15H22N2O2/c1-9-5-3-8-13(10(9)2)17-14-11(15(18)19)6-4-7-12(14)16/h4,6-7,9-10,13,17H,3,5,8,16H2,1-2H3,(H,18,19). The van der Waals surface area contributed by atoms with Gasteiger partial charge in [0.15, 0.2) is 0 Å². The average molecular weight is 262 g/mol. The summed E-state index contributed by atoms with van der Waals surface area (Å²) in [5.41, 5.74) is 7.26. The van der Waals surface area contributed by atoms with E-state index < -0.39 is 5.97 Å². The first-order chi connectivity index (χ1) is 9.00. The summed E-state index contributed by atoms with van der Waals surface area (Å²) in [6, 6.07) is 5.31. The van der Waals surface area contributed by atoms with Crippen LogP contribution < -0.4 is 11.1 Å². The zero-order valence-electron chi connectivity index (χ0n) is 11.5. The Labute approximate surface area is 114 Å². The van der Waals surface area contributed by atoms with E-state index in [4.69, 9.17) is 5.73 Å². The van der Waals surface area contributed by atoms with Crippen molar-refractivity contribution in [2.45, 2.75) is 39.2 Å². The van der Waals surface area contributed by atoms with E-state index in [0.29, 0.717) is 29.3 Å². The minimum absolute atomic E-state index is 0.255. The topological polar surface area (TPSA) is 75.3 Å². The number of hydrogen-bond donors (Lipinski definition) is 3. The number of anilines is 2. The largest absolute Gasteiger partial charge is 0.478 e. The van der Waals surface area contributed by atoms with Crippen molar-refractivity contribution in [1.82, 2.24) is 0 Å². The molecule has 19 heavy (non-hydrogen) atoms. The summed E-state index contributed by atoms with van der Waals surface area (Å²) in [5, 5.41) is 12.6. The van der Waals surface area contributed by atoms with Crippen LogP contribution in [0.2, 0.25) is 0 Å². The van der Waals surface area contributed by atoms with Gasteiger partial charge >= 0.3 is 5.97 Å². The van der Waals surface area contributed by atoms with E-state index in [-0.39, 0.29) is 5.56 Å². The predicted octanol–water partition coefficient (Wildman–Crippen LogP) is 3.20. The third kappa shape index (κ3) is 2.83. The molecule has 0 heterocycles. The highest BCUT2D eigenvalue weighted by Gasteiger charge is 2.28. The summed E-state index contributed by atoms with van der Waals surface area (Å²) in [4.78, 5) is 11.3. The molecule has 1 aromatic carbocycles. The Bertz CT molecular complexity index is 473. The van der Waals surface area contributed by atoms with Gasteiger partial charge in [-0.2, -0.15) is 0 Å². The lowest BCUT2D eigenvalue weighted by atomic mass is 9.78. The third-order valence-corrected chi connectivity index (χ3v) is 4.36. The van der Waals surface area contributed by atoms with E-state index in [1.807, 2.05) is 0 Å². The van der Waals surface area contributed by atoms with Crippen LogP contribution in [0.5, 0.6) is 0 Å². The van der Waals surface area contributed by atoms with E-state index in [0.717, 1.165) is 6.42 Å². The maximum atomic E-state index is 11.3. The number of nitrogens with two attached hydrogens (primary N) is 1. The molecule has 3 atom stereocenters. The van der Waals surface area contributed by atoms with Gasteiger partial charge in [0.2, 0.25) is 0 Å². The highest BCUT2D eigenvalue weighted by atomic mass is 16.4. The van der Waals surface area contributed by atoms with E-state index in [2.05, 4.69) is 19.2 Å². The lowest BCUT2D eigenvalue weighted by Crippen LogP contribution is -2.35. The van der Waals surface area contributed by atoms with Crippen LogP contribution in [-0.2, 0) is 0 Å². The van der Waals surface area contributed by atoms with E-state index in [1.54, 1.807) is 18.2 Å². The summed E-state index contributed by atoms with van der Waals surface area (Å²) in [6.07, 6.45) is 3.49. The molecule has 4 nitrogen and oxygen atoms in total. The van der Waals surface area contributed by atoms with Gasteiger partial charge in [0, 0.05) is 6.04 Å². The van der Waals surface area contributed by atoms with Crippen molar-refractivity contribution in [1.29, 1.82) is 0 Å². The van der Waals surface area contributed by atoms with Crippen LogP contribution in [0.3, 0.4) is 0 Å². The zero-order chi connectivity index (χ0) is 14.0. The van der Waals surface area contributed by atoms with Crippen LogP contribution in [0.4, 0.5) is 11.4 Å². The minimum Gasteiger partial charge on any atom is -0.478 e. The minimum atomic E-state index is -0.939. The first kappa shape index (κ1) is 13.7. The third-order valence-electron chi connectivity index (χ3n) is 4.36. The molecule has 1 saturated carbocycles. The second kappa shape index (κ2) is 5.51. The fourth-order valence-electron chi connectivity index (χ4n) is 2.88. The van der Waals surface area contributed by atoms with Gasteiger partial charge in [0.1, 0.15) is 0 Å². The molecule has 104 valence electrons. The number of para-hydroxylation sites is 1. The van der Waals surface area contributed by atoms with Crippen LogP contribution in [-0.4, -0.2) is 17.1 Å². The number of nitrogen functional groups attached to an aromatic ring is 1. The summed E-state index contributed by atoms with van der Waals surface area (Å²) in [5.74, 6) is 0.241. The molecule has 0 bridgehead atoms. The van der Waals surface area contributed by atoms with E-state index >= 15 is 0 Å². The molecule has 2 rings (SSSR count). The van der Waals surface area contributed by atoms with Crippen LogP contribution in [0.25, 0.3) is 0 Å². The quantitative estimate of drug-likeness (QED) is 0.731. The molecule has 1 fully saturated rings. The molecule has 0 spiro atoms. The first-order valence-corrected chi connectivity index (χ1v) is 6.89. The molecule has 1 aliphatic carbocycles. The Balaban J connectivity index is 2.25. The van der Waals surface area contributed by atoms with Crippen molar-refractivity contribution < 1.29 is 9.90 Å². The SMILES string of the molecule is CC1CCCC(Nc2c(N)cccc2C(=O)O)C1C. The maximum Gasteiger partial charge on any atom is 0.337 e. The number of benzene rings is 1. The fraction of sp³-hybridized carbons (Fsp3) is 0.533. The number of rotatable bonds is 3. The van der Waals surface area contributed by atoms with E-state index in [9.17, 15) is 9.90 Å². The Morgan fingerprint density at radius 3 is 2.79 bits per heavy atom. The van der Waals surface area contributed by atoms with Crippen molar-refractivity contribution in [2.75, 3.05) is 11.1 Å². The van der Waals surface area contributed by atoms with Gasteiger partial charge in [0.25, 0.3) is 0 Å². The van der Waals surface area contributed by atoms with Crippen molar-refractivity contribution in [3.05, 3.63) is 23.8 Å². The highest BCUT2D eigenvalue weighted by Crippen LogP contribution is 2.34. The molecular formula is C15H22N2O2. The van der Waals surface area contributed by atoms with Gasteiger partial charge in [-0.15, -0.1) is 0 Å². The van der Waals surface area contributed by atoms with Gasteiger partial charge in [-0.05, 0) is 30.4 Å². The van der Waals surface area contributed by atoms with Gasteiger partial charge in [-0.3, -0.25) is 0 Å². The Kier molecular flexibility index (Phi) is 3.98. The molecule has 0 amide bonds. The lowest BCUT2D eigenvalue weighted by molar-refractivity contribution is 0.0698. The van der Waals surface area contributed by atoms with Gasteiger partial charge in [-0.1, -0.05) is 32.8 Å². The Hall–Kier alpha value is -1.71.